The fraction of sp³-hybridized carbons (Fsp3) is 0.833. The highest BCUT2D eigenvalue weighted by Gasteiger charge is 2.30. The Morgan fingerprint density at radius 2 is 2.42 bits per heavy atom. The highest BCUT2D eigenvalue weighted by Crippen LogP contribution is 2.19. The zero-order valence-corrected chi connectivity index (χ0v) is 7.24. The molecule has 3 N–H and O–H groups in total. The van der Waals surface area contributed by atoms with E-state index in [1.54, 1.807) is 0 Å². The van der Waals surface area contributed by atoms with Crippen LogP contribution in [-0.2, 0) is 9.47 Å². The Balaban J connectivity index is 2.39. The summed E-state index contributed by atoms with van der Waals surface area (Å²) in [7, 11) is 0. The van der Waals surface area contributed by atoms with E-state index in [2.05, 4.69) is 17.4 Å². The van der Waals surface area contributed by atoms with Crippen LogP contribution in [-0.4, -0.2) is 35.5 Å². The highest BCUT2D eigenvalue weighted by molar-refractivity contribution is 7.81. The quantitative estimate of drug-likeness (QED) is 0.490. The predicted octanol–water partition coefficient (Wildman–Crippen LogP) is -0.513. The van der Waals surface area contributed by atoms with Gasteiger partial charge in [0.2, 0.25) is 0 Å². The summed E-state index contributed by atoms with van der Waals surface area (Å²) in [5.41, 5.74) is 4.81. The number of aliphatic hydroxyl groups excluding tert-OH is 1. The van der Waals surface area contributed by atoms with E-state index in [-0.39, 0.29) is 11.9 Å². The third kappa shape index (κ3) is 2.54. The van der Waals surface area contributed by atoms with Gasteiger partial charge < -0.3 is 20.3 Å². The van der Waals surface area contributed by atoms with Gasteiger partial charge in [-0.1, -0.05) is 0 Å². The number of thiol groups is 1. The molecule has 0 bridgehead atoms. The molecule has 1 aliphatic rings. The van der Waals surface area contributed by atoms with Crippen LogP contribution in [0, 0.1) is 0 Å². The maximum Gasteiger partial charge on any atom is 0.404 e. The lowest BCUT2D eigenvalue weighted by Gasteiger charge is -2.30. The van der Waals surface area contributed by atoms with Crippen molar-refractivity contribution in [1.29, 1.82) is 0 Å². The van der Waals surface area contributed by atoms with Crippen LogP contribution in [0.4, 0.5) is 4.79 Å². The van der Waals surface area contributed by atoms with Gasteiger partial charge in [0.15, 0.2) is 6.29 Å². The predicted molar refractivity (Wildman–Crippen MR) is 43.8 cm³/mol. The fourth-order valence-electron chi connectivity index (χ4n) is 1.01. The Morgan fingerprint density at radius 3 is 2.92 bits per heavy atom. The van der Waals surface area contributed by atoms with Crippen molar-refractivity contribution < 1.29 is 19.4 Å². The summed E-state index contributed by atoms with van der Waals surface area (Å²) < 4.78 is 9.51. The van der Waals surface area contributed by atoms with Crippen LogP contribution in [0.25, 0.3) is 0 Å². The minimum absolute atomic E-state index is 0.137. The van der Waals surface area contributed by atoms with Crippen molar-refractivity contribution in [2.75, 3.05) is 6.61 Å². The summed E-state index contributed by atoms with van der Waals surface area (Å²) in [6, 6.07) is 0. The standard InChI is InChI=1S/C6H11NO4S/c7-6(9)11-3-2-10-5(8)1-4(3)12/h3-5,8,12H,1-2H2,(H2,7,9). The first-order chi connectivity index (χ1) is 5.59. The Labute approximate surface area is 75.2 Å². The lowest BCUT2D eigenvalue weighted by atomic mass is 10.1. The number of carbonyl (C=O) groups excluding carboxylic acids is 1. The smallest absolute Gasteiger partial charge is 0.404 e. The number of hydrogen-bond donors (Lipinski definition) is 3. The number of rotatable bonds is 1. The van der Waals surface area contributed by atoms with Crippen molar-refractivity contribution in [2.24, 2.45) is 5.73 Å². The van der Waals surface area contributed by atoms with Crippen molar-refractivity contribution in [3.05, 3.63) is 0 Å². The van der Waals surface area contributed by atoms with E-state index in [9.17, 15) is 4.79 Å². The molecule has 5 nitrogen and oxygen atoms in total. The molecule has 1 rings (SSSR count). The monoisotopic (exact) mass is 193 g/mol. The second-order valence-corrected chi connectivity index (χ2v) is 3.23. The second-order valence-electron chi connectivity index (χ2n) is 2.57. The molecule has 12 heavy (non-hydrogen) atoms. The van der Waals surface area contributed by atoms with E-state index in [1.807, 2.05) is 0 Å². The lowest BCUT2D eigenvalue weighted by Crippen LogP contribution is -2.42. The van der Waals surface area contributed by atoms with Crippen LogP contribution < -0.4 is 5.73 Å². The lowest BCUT2D eigenvalue weighted by molar-refractivity contribution is -0.152. The molecule has 1 aliphatic heterocycles. The molecular formula is C6H11NO4S. The summed E-state index contributed by atoms with van der Waals surface area (Å²) in [5.74, 6) is 0. The van der Waals surface area contributed by atoms with E-state index in [0.717, 1.165) is 0 Å². The van der Waals surface area contributed by atoms with Gasteiger partial charge >= 0.3 is 6.09 Å². The number of nitrogens with two attached hydrogens (primary N) is 1. The van der Waals surface area contributed by atoms with Gasteiger partial charge in [-0.3, -0.25) is 0 Å². The van der Waals surface area contributed by atoms with Gasteiger partial charge in [-0.25, -0.2) is 4.79 Å². The summed E-state index contributed by atoms with van der Waals surface area (Å²) in [6.07, 6.45) is -1.80. The van der Waals surface area contributed by atoms with Gasteiger partial charge in [-0.05, 0) is 0 Å². The first kappa shape index (κ1) is 9.63. The highest BCUT2D eigenvalue weighted by atomic mass is 32.1. The summed E-state index contributed by atoms with van der Waals surface area (Å²) >= 11 is 4.12. The molecule has 0 aromatic heterocycles. The molecule has 0 aromatic rings. The summed E-state index contributed by atoms with van der Waals surface area (Å²) in [5, 5.41) is 8.77. The van der Waals surface area contributed by atoms with Crippen molar-refractivity contribution in [3.63, 3.8) is 0 Å². The van der Waals surface area contributed by atoms with Crippen molar-refractivity contribution in [2.45, 2.75) is 24.1 Å². The van der Waals surface area contributed by atoms with Crippen LogP contribution in [0.2, 0.25) is 0 Å². The normalized spacial score (nSPS) is 36.0. The number of hydrogen-bond acceptors (Lipinski definition) is 5. The SMILES string of the molecule is NC(=O)OC1COC(O)CC1S. The van der Waals surface area contributed by atoms with Gasteiger partial charge in [-0.15, -0.1) is 0 Å². The number of amides is 1. The van der Waals surface area contributed by atoms with E-state index >= 15 is 0 Å². The van der Waals surface area contributed by atoms with E-state index in [0.29, 0.717) is 6.42 Å². The zero-order valence-electron chi connectivity index (χ0n) is 6.34. The van der Waals surface area contributed by atoms with Crippen molar-refractivity contribution in [3.8, 4) is 0 Å². The van der Waals surface area contributed by atoms with E-state index < -0.39 is 18.5 Å². The van der Waals surface area contributed by atoms with Crippen LogP contribution in [0.3, 0.4) is 0 Å². The minimum atomic E-state index is -0.848. The molecule has 1 fully saturated rings. The molecule has 0 aromatic carbocycles. The Bertz CT molecular complexity index is 177. The van der Waals surface area contributed by atoms with E-state index in [1.165, 1.54) is 0 Å². The molecule has 3 unspecified atom stereocenters. The molecule has 0 spiro atoms. The molecule has 0 radical (unpaired) electrons. The molecule has 70 valence electrons. The van der Waals surface area contributed by atoms with Crippen molar-refractivity contribution >= 4 is 18.7 Å². The number of ether oxygens (including phenoxy) is 2. The molecule has 6 heteroatoms. The zero-order chi connectivity index (χ0) is 9.14. The van der Waals surface area contributed by atoms with Gasteiger partial charge in [0.05, 0.1) is 6.61 Å². The minimum Gasteiger partial charge on any atom is -0.443 e. The number of primary amides is 1. The molecule has 3 atom stereocenters. The average Bonchev–Trinajstić information content (AvgIpc) is 1.94. The maximum atomic E-state index is 10.3. The van der Waals surface area contributed by atoms with Crippen molar-refractivity contribution in [1.82, 2.24) is 0 Å². The van der Waals surface area contributed by atoms with Crippen LogP contribution >= 0.6 is 12.6 Å². The first-order valence-electron chi connectivity index (χ1n) is 3.53. The third-order valence-electron chi connectivity index (χ3n) is 1.59. The topological polar surface area (TPSA) is 81.8 Å². The van der Waals surface area contributed by atoms with Gasteiger partial charge in [0.25, 0.3) is 0 Å². The Hall–Kier alpha value is -0.460. The van der Waals surface area contributed by atoms with Gasteiger partial charge in [-0.2, -0.15) is 12.6 Å². The molecule has 1 heterocycles. The molecule has 1 amide bonds. The van der Waals surface area contributed by atoms with Crippen LogP contribution in [0.1, 0.15) is 6.42 Å². The second kappa shape index (κ2) is 3.97. The summed E-state index contributed by atoms with van der Waals surface area (Å²) in [6.45, 7) is 0.137. The molecule has 0 aliphatic carbocycles. The molecule has 0 saturated carbocycles. The maximum absolute atomic E-state index is 10.3. The summed E-state index contributed by atoms with van der Waals surface area (Å²) in [4.78, 5) is 10.3. The Kier molecular flexibility index (Phi) is 3.19. The number of carbonyl (C=O) groups is 1. The van der Waals surface area contributed by atoms with E-state index in [4.69, 9.17) is 15.6 Å². The Morgan fingerprint density at radius 1 is 1.75 bits per heavy atom. The fourth-order valence-corrected chi connectivity index (χ4v) is 1.33. The average molecular weight is 193 g/mol. The van der Waals surface area contributed by atoms with Crippen LogP contribution in [0.5, 0.6) is 0 Å². The largest absolute Gasteiger partial charge is 0.443 e. The van der Waals surface area contributed by atoms with Crippen LogP contribution in [0.15, 0.2) is 0 Å². The first-order valence-corrected chi connectivity index (χ1v) is 4.05. The van der Waals surface area contributed by atoms with Gasteiger partial charge in [0.1, 0.15) is 6.10 Å². The third-order valence-corrected chi connectivity index (χ3v) is 2.14. The molecular weight excluding hydrogens is 182 g/mol. The number of aliphatic hydroxyl groups is 1. The van der Waals surface area contributed by atoms with Gasteiger partial charge in [0, 0.05) is 11.7 Å². The molecule has 1 saturated heterocycles.